The maximum Gasteiger partial charge on any atom is 0.0402 e. The summed E-state index contributed by atoms with van der Waals surface area (Å²) in [5, 5.41) is 0. The van der Waals surface area contributed by atoms with Crippen LogP contribution in [0.25, 0.3) is 0 Å². The molecule has 0 heterocycles. The zero-order valence-electron chi connectivity index (χ0n) is 8.81. The average Bonchev–Trinajstić information content (AvgIpc) is 1.95. The molecule has 0 fully saturated rings. The Hall–Kier alpha value is -1.18. The largest absolute Gasteiger partial charge is 0.398 e. The van der Waals surface area contributed by atoms with Crippen LogP contribution in [0.2, 0.25) is 0 Å². The van der Waals surface area contributed by atoms with Crippen LogP contribution < -0.4 is 11.5 Å². The number of nitrogen functional groups attached to an aromatic ring is 2. The fourth-order valence-electron chi connectivity index (χ4n) is 1.58. The first-order chi connectivity index (χ1) is 5.84. The monoisotopic (exact) mass is 178 g/mol. The van der Waals surface area contributed by atoms with E-state index in [0.717, 1.165) is 22.5 Å². The summed E-state index contributed by atoms with van der Waals surface area (Å²) in [6, 6.07) is 3.88. The van der Waals surface area contributed by atoms with Gasteiger partial charge in [-0.05, 0) is 24.0 Å². The molecule has 0 aromatic heterocycles. The lowest BCUT2D eigenvalue weighted by molar-refractivity contribution is 0.594. The summed E-state index contributed by atoms with van der Waals surface area (Å²) in [4.78, 5) is 0. The van der Waals surface area contributed by atoms with Crippen LogP contribution in [0.4, 0.5) is 11.4 Å². The van der Waals surface area contributed by atoms with Gasteiger partial charge in [-0.15, -0.1) is 0 Å². The van der Waals surface area contributed by atoms with Crippen molar-refractivity contribution in [3.8, 4) is 0 Å². The molecule has 0 spiro atoms. The van der Waals surface area contributed by atoms with E-state index >= 15 is 0 Å². The molecule has 0 amide bonds. The van der Waals surface area contributed by atoms with E-state index < -0.39 is 0 Å². The summed E-state index contributed by atoms with van der Waals surface area (Å²) in [5.41, 5.74) is 15.7. The van der Waals surface area contributed by atoms with Crippen LogP contribution >= 0.6 is 0 Å². The van der Waals surface area contributed by atoms with E-state index in [1.165, 1.54) is 0 Å². The molecule has 1 rings (SSSR count). The van der Waals surface area contributed by atoms with Crippen LogP contribution in [0.5, 0.6) is 0 Å². The highest BCUT2D eigenvalue weighted by Gasteiger charge is 2.20. The van der Waals surface area contributed by atoms with Gasteiger partial charge in [-0.25, -0.2) is 0 Å². The Morgan fingerprint density at radius 3 is 2.00 bits per heavy atom. The van der Waals surface area contributed by atoms with E-state index in [4.69, 9.17) is 11.5 Å². The number of benzene rings is 1. The van der Waals surface area contributed by atoms with E-state index in [1.54, 1.807) is 0 Å². The lowest BCUT2D eigenvalue weighted by atomic mass is 9.83. The van der Waals surface area contributed by atoms with Crippen molar-refractivity contribution in [2.24, 2.45) is 0 Å². The predicted molar refractivity (Wildman–Crippen MR) is 58.7 cm³/mol. The Bertz CT molecular complexity index is 322. The van der Waals surface area contributed by atoms with Gasteiger partial charge in [0.2, 0.25) is 0 Å². The van der Waals surface area contributed by atoms with Gasteiger partial charge >= 0.3 is 0 Å². The van der Waals surface area contributed by atoms with Crippen molar-refractivity contribution < 1.29 is 0 Å². The SMILES string of the molecule is Cc1ccc(N)c(C(C)(C)C)c1N. The van der Waals surface area contributed by atoms with Gasteiger partial charge in [0.15, 0.2) is 0 Å². The van der Waals surface area contributed by atoms with E-state index in [-0.39, 0.29) is 5.41 Å². The topological polar surface area (TPSA) is 52.0 Å². The Labute approximate surface area is 79.9 Å². The summed E-state index contributed by atoms with van der Waals surface area (Å²) in [5.74, 6) is 0. The molecule has 72 valence electrons. The van der Waals surface area contributed by atoms with Gasteiger partial charge in [-0.2, -0.15) is 0 Å². The van der Waals surface area contributed by atoms with E-state index in [2.05, 4.69) is 20.8 Å². The lowest BCUT2D eigenvalue weighted by Gasteiger charge is -2.24. The van der Waals surface area contributed by atoms with Crippen LogP contribution in [-0.2, 0) is 5.41 Å². The molecular formula is C11H18N2. The zero-order valence-corrected chi connectivity index (χ0v) is 8.81. The van der Waals surface area contributed by atoms with Crippen LogP contribution in [0.1, 0.15) is 31.9 Å². The van der Waals surface area contributed by atoms with Gasteiger partial charge in [0.25, 0.3) is 0 Å². The van der Waals surface area contributed by atoms with E-state index in [1.807, 2.05) is 19.1 Å². The first-order valence-electron chi connectivity index (χ1n) is 4.49. The third kappa shape index (κ3) is 1.77. The Morgan fingerprint density at radius 2 is 1.62 bits per heavy atom. The molecule has 0 aliphatic rings. The van der Waals surface area contributed by atoms with Gasteiger partial charge in [-0.3, -0.25) is 0 Å². The molecule has 0 aliphatic carbocycles. The van der Waals surface area contributed by atoms with Crippen LogP contribution in [0.15, 0.2) is 12.1 Å². The molecule has 1 aromatic rings. The van der Waals surface area contributed by atoms with Crippen molar-refractivity contribution in [2.45, 2.75) is 33.1 Å². The van der Waals surface area contributed by atoms with Crippen molar-refractivity contribution in [2.75, 3.05) is 11.5 Å². The second-order valence-corrected chi connectivity index (χ2v) is 4.51. The fourth-order valence-corrected chi connectivity index (χ4v) is 1.58. The fraction of sp³-hybridized carbons (Fsp3) is 0.455. The van der Waals surface area contributed by atoms with E-state index in [9.17, 15) is 0 Å². The number of aryl methyl sites for hydroxylation is 1. The molecule has 1 aromatic carbocycles. The van der Waals surface area contributed by atoms with Crippen molar-refractivity contribution >= 4 is 11.4 Å². The second-order valence-electron chi connectivity index (χ2n) is 4.51. The molecule has 0 unspecified atom stereocenters. The van der Waals surface area contributed by atoms with Crippen LogP contribution in [0, 0.1) is 6.92 Å². The molecule has 2 nitrogen and oxygen atoms in total. The normalized spacial score (nSPS) is 11.7. The minimum absolute atomic E-state index is 0.0141. The van der Waals surface area contributed by atoms with Gasteiger partial charge in [-0.1, -0.05) is 26.8 Å². The number of anilines is 2. The van der Waals surface area contributed by atoms with E-state index in [0.29, 0.717) is 0 Å². The van der Waals surface area contributed by atoms with Crippen molar-refractivity contribution in [3.05, 3.63) is 23.3 Å². The smallest absolute Gasteiger partial charge is 0.0402 e. The van der Waals surface area contributed by atoms with Gasteiger partial charge in [0, 0.05) is 16.9 Å². The number of rotatable bonds is 0. The molecule has 2 heteroatoms. The quantitative estimate of drug-likeness (QED) is 0.599. The molecular weight excluding hydrogens is 160 g/mol. The molecule has 0 atom stereocenters. The Morgan fingerprint density at radius 1 is 1.08 bits per heavy atom. The summed E-state index contributed by atoms with van der Waals surface area (Å²) >= 11 is 0. The van der Waals surface area contributed by atoms with Gasteiger partial charge in [0.05, 0.1) is 0 Å². The molecule has 0 saturated heterocycles. The minimum atomic E-state index is 0.0141. The Kier molecular flexibility index (Phi) is 2.24. The summed E-state index contributed by atoms with van der Waals surface area (Å²) in [7, 11) is 0. The average molecular weight is 178 g/mol. The maximum absolute atomic E-state index is 5.99. The number of hydrogen-bond acceptors (Lipinski definition) is 2. The minimum Gasteiger partial charge on any atom is -0.398 e. The molecule has 0 bridgehead atoms. The first-order valence-corrected chi connectivity index (χ1v) is 4.49. The molecule has 4 N–H and O–H groups in total. The maximum atomic E-state index is 5.99. The third-order valence-electron chi connectivity index (χ3n) is 2.25. The third-order valence-corrected chi connectivity index (χ3v) is 2.25. The molecule has 0 saturated carbocycles. The second kappa shape index (κ2) is 2.95. The summed E-state index contributed by atoms with van der Waals surface area (Å²) < 4.78 is 0. The number of hydrogen-bond donors (Lipinski definition) is 2. The van der Waals surface area contributed by atoms with Crippen LogP contribution in [0.3, 0.4) is 0 Å². The Balaban J connectivity index is 3.43. The molecule has 13 heavy (non-hydrogen) atoms. The molecule has 0 aliphatic heterocycles. The lowest BCUT2D eigenvalue weighted by Crippen LogP contribution is -2.17. The summed E-state index contributed by atoms with van der Waals surface area (Å²) in [6.45, 7) is 8.36. The van der Waals surface area contributed by atoms with Crippen molar-refractivity contribution in [3.63, 3.8) is 0 Å². The van der Waals surface area contributed by atoms with Crippen LogP contribution in [-0.4, -0.2) is 0 Å². The highest BCUT2D eigenvalue weighted by molar-refractivity contribution is 5.67. The first kappa shape index (κ1) is 9.90. The number of nitrogens with two attached hydrogens (primary N) is 2. The standard InChI is InChI=1S/C11H18N2/c1-7-5-6-8(12)9(10(7)13)11(2,3)4/h5-6H,12-13H2,1-4H3. The predicted octanol–water partition coefficient (Wildman–Crippen LogP) is 2.46. The molecule has 0 radical (unpaired) electrons. The van der Waals surface area contributed by atoms with Gasteiger partial charge in [0.1, 0.15) is 0 Å². The van der Waals surface area contributed by atoms with Crippen molar-refractivity contribution in [1.82, 2.24) is 0 Å². The summed E-state index contributed by atoms with van der Waals surface area (Å²) in [6.07, 6.45) is 0. The zero-order chi connectivity index (χ0) is 10.2. The highest BCUT2D eigenvalue weighted by Crippen LogP contribution is 2.34. The highest BCUT2D eigenvalue weighted by atomic mass is 14.6. The van der Waals surface area contributed by atoms with Gasteiger partial charge < -0.3 is 11.5 Å². The van der Waals surface area contributed by atoms with Crippen molar-refractivity contribution in [1.29, 1.82) is 0 Å².